The number of carbonyl (C=O) groups excluding carboxylic acids is 3. The zero-order valence-corrected chi connectivity index (χ0v) is 14.2. The topological polar surface area (TPSA) is 82.1 Å². The lowest BCUT2D eigenvalue weighted by molar-refractivity contribution is -0.160. The van der Waals surface area contributed by atoms with Crippen LogP contribution >= 0.6 is 15.9 Å². The van der Waals surface area contributed by atoms with E-state index in [4.69, 9.17) is 14.2 Å². The van der Waals surface area contributed by atoms with Crippen LogP contribution in [-0.2, 0) is 28.6 Å². The maximum absolute atomic E-state index is 12.0. The minimum Gasteiger partial charge on any atom is -0.467 e. The maximum Gasteiger partial charge on any atom is 0.373 e. The number of nitrogens with zero attached hydrogens (tertiary/aromatic N) is 1. The first-order valence-corrected chi connectivity index (χ1v) is 7.73. The van der Waals surface area contributed by atoms with E-state index in [0.29, 0.717) is 12.8 Å². The Labute approximate surface area is 136 Å². The van der Waals surface area contributed by atoms with Crippen molar-refractivity contribution in [3.05, 3.63) is 11.8 Å². The molecule has 1 fully saturated rings. The molecule has 2 heterocycles. The fourth-order valence-electron chi connectivity index (χ4n) is 2.76. The average molecular weight is 376 g/mol. The minimum atomic E-state index is -0.765. The van der Waals surface area contributed by atoms with Crippen molar-refractivity contribution in [2.24, 2.45) is 0 Å². The van der Waals surface area contributed by atoms with Crippen molar-refractivity contribution in [3.8, 4) is 0 Å². The van der Waals surface area contributed by atoms with E-state index in [2.05, 4.69) is 15.9 Å². The average Bonchev–Trinajstić information content (AvgIpc) is 2.79. The summed E-state index contributed by atoms with van der Waals surface area (Å²) in [5, 5.41) is 0. The third kappa shape index (κ3) is 2.84. The van der Waals surface area contributed by atoms with Crippen LogP contribution < -0.4 is 0 Å². The van der Waals surface area contributed by atoms with Gasteiger partial charge in [0.25, 0.3) is 0 Å². The number of carbonyl (C=O) groups is 3. The monoisotopic (exact) mass is 375 g/mol. The highest BCUT2D eigenvalue weighted by Crippen LogP contribution is 2.47. The molecule has 0 bridgehead atoms. The summed E-state index contributed by atoms with van der Waals surface area (Å²) >= 11 is 3.56. The van der Waals surface area contributed by atoms with Crippen molar-refractivity contribution in [1.82, 2.24) is 4.90 Å². The van der Waals surface area contributed by atoms with Crippen LogP contribution in [0.3, 0.4) is 0 Å². The molecule has 0 N–H and O–H groups in total. The Morgan fingerprint density at radius 2 is 2.18 bits per heavy atom. The highest BCUT2D eigenvalue weighted by atomic mass is 79.9. The summed E-state index contributed by atoms with van der Waals surface area (Å²) in [6, 6.07) is -0.748. The Morgan fingerprint density at radius 1 is 1.50 bits per heavy atom. The van der Waals surface area contributed by atoms with E-state index in [-0.39, 0.29) is 18.3 Å². The number of fused-ring (bicyclic) bond motifs is 1. The largest absolute Gasteiger partial charge is 0.467 e. The lowest BCUT2D eigenvalue weighted by atomic mass is 9.98. The van der Waals surface area contributed by atoms with Crippen LogP contribution in [0.1, 0.15) is 26.7 Å². The van der Waals surface area contributed by atoms with E-state index in [0.717, 1.165) is 0 Å². The van der Waals surface area contributed by atoms with Gasteiger partial charge in [-0.3, -0.25) is 9.69 Å². The summed E-state index contributed by atoms with van der Waals surface area (Å²) in [5.74, 6) is -1.36. The van der Waals surface area contributed by atoms with Crippen molar-refractivity contribution in [1.29, 1.82) is 0 Å². The zero-order valence-electron chi connectivity index (χ0n) is 12.6. The molecule has 1 amide bonds. The molecule has 0 aliphatic carbocycles. The van der Waals surface area contributed by atoms with Gasteiger partial charge in [-0.2, -0.15) is 0 Å². The van der Waals surface area contributed by atoms with Crippen molar-refractivity contribution >= 4 is 33.8 Å². The molecular formula is C14H18BrNO6. The van der Waals surface area contributed by atoms with Gasteiger partial charge < -0.3 is 14.2 Å². The summed E-state index contributed by atoms with van der Waals surface area (Å²) in [6.07, 6.45) is 1.62. The number of methoxy groups -OCH3 is 1. The predicted molar refractivity (Wildman–Crippen MR) is 78.8 cm³/mol. The Hall–Kier alpha value is -1.57. The Balaban J connectivity index is 2.29. The summed E-state index contributed by atoms with van der Waals surface area (Å²) in [6.45, 7) is 3.27. The second kappa shape index (κ2) is 6.28. The molecule has 122 valence electrons. The molecule has 3 atom stereocenters. The Kier molecular flexibility index (Phi) is 4.79. The maximum atomic E-state index is 12.0. The van der Waals surface area contributed by atoms with Gasteiger partial charge in [0.05, 0.1) is 18.0 Å². The van der Waals surface area contributed by atoms with Gasteiger partial charge >= 0.3 is 11.9 Å². The van der Waals surface area contributed by atoms with Crippen LogP contribution in [0.15, 0.2) is 11.8 Å². The number of halogens is 1. The quantitative estimate of drug-likeness (QED) is 0.542. The fraction of sp³-hybridized carbons (Fsp3) is 0.643. The lowest BCUT2D eigenvalue weighted by Crippen LogP contribution is -2.49. The van der Waals surface area contributed by atoms with Crippen LogP contribution in [0, 0.1) is 0 Å². The summed E-state index contributed by atoms with van der Waals surface area (Å²) in [7, 11) is 1.27. The molecule has 0 aromatic carbocycles. The van der Waals surface area contributed by atoms with Crippen molar-refractivity contribution < 1.29 is 28.6 Å². The smallest absolute Gasteiger partial charge is 0.373 e. The van der Waals surface area contributed by atoms with Gasteiger partial charge in [-0.05, 0) is 25.8 Å². The Bertz CT molecular complexity index is 533. The standard InChI is InChI=1S/C14H18BrNO6/c1-4-21-12(19)10-5-6-14(15)7-9(11(18)20-3)16(8(2)17)13(14)22-10/h5,9,13H,4,6-7H2,1-3H3. The number of hydrogen-bond donors (Lipinski definition) is 0. The van der Waals surface area contributed by atoms with Crippen LogP contribution in [0.4, 0.5) is 0 Å². The first-order valence-electron chi connectivity index (χ1n) is 6.93. The number of rotatable bonds is 3. The van der Waals surface area contributed by atoms with E-state index in [1.165, 1.54) is 18.9 Å². The molecule has 2 rings (SSSR count). The number of ether oxygens (including phenoxy) is 3. The van der Waals surface area contributed by atoms with Crippen LogP contribution in [0.25, 0.3) is 0 Å². The first-order chi connectivity index (χ1) is 10.3. The number of likely N-dealkylation sites (tertiary alicyclic amines) is 1. The molecule has 2 aliphatic heterocycles. The van der Waals surface area contributed by atoms with Gasteiger partial charge in [0.2, 0.25) is 11.7 Å². The van der Waals surface area contributed by atoms with Crippen LogP contribution in [0.5, 0.6) is 0 Å². The summed E-state index contributed by atoms with van der Waals surface area (Å²) in [5.41, 5.74) is 0. The molecule has 1 saturated heterocycles. The summed E-state index contributed by atoms with van der Waals surface area (Å²) < 4.78 is 14.7. The normalized spacial score (nSPS) is 30.0. The zero-order chi connectivity index (χ0) is 16.5. The predicted octanol–water partition coefficient (Wildman–Crippen LogP) is 1.11. The van der Waals surface area contributed by atoms with Crippen LogP contribution in [0.2, 0.25) is 0 Å². The first kappa shape index (κ1) is 16.8. The highest BCUT2D eigenvalue weighted by molar-refractivity contribution is 9.10. The molecule has 0 saturated carbocycles. The van der Waals surface area contributed by atoms with Crippen molar-refractivity contribution in [2.45, 2.75) is 43.3 Å². The minimum absolute atomic E-state index is 0.0543. The van der Waals surface area contributed by atoms with E-state index in [1.807, 2.05) is 0 Å². The van der Waals surface area contributed by atoms with E-state index in [9.17, 15) is 14.4 Å². The van der Waals surface area contributed by atoms with Gasteiger partial charge in [-0.25, -0.2) is 9.59 Å². The van der Waals surface area contributed by atoms with Gasteiger partial charge in [0, 0.05) is 6.92 Å². The molecule has 2 aliphatic rings. The number of alkyl halides is 1. The second-order valence-corrected chi connectivity index (χ2v) is 6.75. The third-order valence-corrected chi connectivity index (χ3v) is 4.78. The highest BCUT2D eigenvalue weighted by Gasteiger charge is 2.58. The van der Waals surface area contributed by atoms with Gasteiger partial charge in [0.15, 0.2) is 6.23 Å². The molecule has 0 aromatic heterocycles. The van der Waals surface area contributed by atoms with Crippen molar-refractivity contribution in [3.63, 3.8) is 0 Å². The number of amides is 1. The van der Waals surface area contributed by atoms with E-state index < -0.39 is 28.5 Å². The SMILES string of the molecule is CCOC(=O)C1=CCC2(Br)CC(C(=O)OC)N(C(C)=O)C2O1. The Morgan fingerprint density at radius 3 is 2.73 bits per heavy atom. The third-order valence-electron chi connectivity index (χ3n) is 3.74. The summed E-state index contributed by atoms with van der Waals surface area (Å²) in [4.78, 5) is 37.0. The van der Waals surface area contributed by atoms with E-state index in [1.54, 1.807) is 13.0 Å². The molecule has 7 nitrogen and oxygen atoms in total. The number of esters is 2. The fourth-order valence-corrected chi connectivity index (χ4v) is 3.54. The lowest BCUT2D eigenvalue weighted by Gasteiger charge is -2.36. The number of allylic oxidation sites excluding steroid dienone is 1. The van der Waals surface area contributed by atoms with Crippen molar-refractivity contribution in [2.75, 3.05) is 13.7 Å². The molecule has 22 heavy (non-hydrogen) atoms. The molecule has 3 unspecified atom stereocenters. The van der Waals surface area contributed by atoms with E-state index >= 15 is 0 Å². The van der Waals surface area contributed by atoms with Gasteiger partial charge in [0.1, 0.15) is 6.04 Å². The molecular weight excluding hydrogens is 358 g/mol. The molecule has 0 radical (unpaired) electrons. The van der Waals surface area contributed by atoms with Crippen LogP contribution in [-0.4, -0.2) is 53.1 Å². The van der Waals surface area contributed by atoms with Gasteiger partial charge in [-0.1, -0.05) is 15.9 Å². The molecule has 0 aromatic rings. The molecule has 8 heteroatoms. The second-order valence-electron chi connectivity index (χ2n) is 5.17. The molecule has 0 spiro atoms. The van der Waals surface area contributed by atoms with Gasteiger partial charge in [-0.15, -0.1) is 0 Å². The number of hydrogen-bond acceptors (Lipinski definition) is 6.